The van der Waals surface area contributed by atoms with Crippen LogP contribution in [0.1, 0.15) is 24.8 Å². The van der Waals surface area contributed by atoms with Gasteiger partial charge in [-0.2, -0.15) is 0 Å². The topological polar surface area (TPSA) is 30.9 Å². The first-order chi connectivity index (χ1) is 12.2. The van der Waals surface area contributed by atoms with Gasteiger partial charge >= 0.3 is 0 Å². The Morgan fingerprint density at radius 2 is 2.20 bits per heavy atom. The van der Waals surface area contributed by atoms with Crippen LogP contribution < -0.4 is 5.32 Å². The third-order valence-electron chi connectivity index (χ3n) is 4.95. The Morgan fingerprint density at radius 3 is 2.92 bits per heavy atom. The first kappa shape index (κ1) is 19.5. The van der Waals surface area contributed by atoms with Crippen molar-refractivity contribution in [2.24, 2.45) is 10.9 Å². The van der Waals surface area contributed by atoms with Crippen molar-refractivity contribution in [1.29, 1.82) is 0 Å². The maximum atomic E-state index is 4.41. The van der Waals surface area contributed by atoms with E-state index in [1.807, 2.05) is 13.1 Å². The van der Waals surface area contributed by atoms with E-state index in [-0.39, 0.29) is 0 Å². The Kier molecular flexibility index (Phi) is 8.53. The van der Waals surface area contributed by atoms with Gasteiger partial charge in [0.25, 0.3) is 0 Å². The minimum Gasteiger partial charge on any atom is -0.356 e. The zero-order valence-electron chi connectivity index (χ0n) is 16.0. The summed E-state index contributed by atoms with van der Waals surface area (Å²) < 4.78 is 0. The van der Waals surface area contributed by atoms with Gasteiger partial charge in [0.1, 0.15) is 0 Å². The highest BCUT2D eigenvalue weighted by molar-refractivity contribution is 5.79. The number of guanidine groups is 1. The molecule has 1 fully saturated rings. The first-order valence-corrected chi connectivity index (χ1v) is 9.52. The summed E-state index contributed by atoms with van der Waals surface area (Å²) in [4.78, 5) is 9.22. The van der Waals surface area contributed by atoms with Gasteiger partial charge in [0, 0.05) is 40.3 Å². The van der Waals surface area contributed by atoms with Crippen molar-refractivity contribution in [3.05, 3.63) is 48.6 Å². The van der Waals surface area contributed by atoms with Gasteiger partial charge in [0.15, 0.2) is 5.96 Å². The van der Waals surface area contributed by atoms with Crippen LogP contribution in [0.15, 0.2) is 48.0 Å². The first-order valence-electron chi connectivity index (χ1n) is 9.52. The van der Waals surface area contributed by atoms with Gasteiger partial charge in [-0.25, -0.2) is 0 Å². The van der Waals surface area contributed by atoms with Crippen LogP contribution >= 0.6 is 0 Å². The van der Waals surface area contributed by atoms with E-state index in [1.165, 1.54) is 25.1 Å². The highest BCUT2D eigenvalue weighted by atomic mass is 15.3. The van der Waals surface area contributed by atoms with E-state index in [1.54, 1.807) is 0 Å². The molecule has 25 heavy (non-hydrogen) atoms. The van der Waals surface area contributed by atoms with Gasteiger partial charge in [0.2, 0.25) is 0 Å². The minimum absolute atomic E-state index is 0.717. The molecule has 1 aliphatic rings. The SMILES string of the molecule is C=CCCCN(C)C(=NC)NCC1CCN(CCc2ccccc2)C1. The molecule has 1 aromatic carbocycles. The van der Waals surface area contributed by atoms with Crippen LogP contribution in [0.25, 0.3) is 0 Å². The normalized spacial score (nSPS) is 18.3. The third kappa shape index (κ3) is 6.91. The average Bonchev–Trinajstić information content (AvgIpc) is 3.09. The van der Waals surface area contributed by atoms with Gasteiger partial charge in [-0.3, -0.25) is 4.99 Å². The minimum atomic E-state index is 0.717. The standard InChI is InChI=1S/C21H34N4/c1-4-5-9-14-24(3)21(22-2)23-17-20-13-16-25(18-20)15-12-19-10-7-6-8-11-19/h4,6-8,10-11,20H,1,5,9,12-18H2,2-3H3,(H,22,23). The largest absolute Gasteiger partial charge is 0.356 e. The number of nitrogens with zero attached hydrogens (tertiary/aromatic N) is 3. The molecule has 2 rings (SSSR count). The second-order valence-corrected chi connectivity index (χ2v) is 6.97. The zero-order chi connectivity index (χ0) is 17.9. The van der Waals surface area contributed by atoms with Crippen LogP contribution in [0.3, 0.4) is 0 Å². The van der Waals surface area contributed by atoms with Crippen LogP contribution in [0.4, 0.5) is 0 Å². The van der Waals surface area contributed by atoms with E-state index >= 15 is 0 Å². The van der Waals surface area contributed by atoms with E-state index < -0.39 is 0 Å². The number of rotatable bonds is 9. The molecule has 0 spiro atoms. The molecular weight excluding hydrogens is 308 g/mol. The van der Waals surface area contributed by atoms with Crippen molar-refractivity contribution in [3.63, 3.8) is 0 Å². The molecule has 1 atom stereocenters. The molecule has 1 heterocycles. The smallest absolute Gasteiger partial charge is 0.193 e. The summed E-state index contributed by atoms with van der Waals surface area (Å²) in [5, 5.41) is 3.56. The molecule has 1 aliphatic heterocycles. The Labute approximate surface area is 153 Å². The van der Waals surface area contributed by atoms with E-state index in [2.05, 4.69) is 64.1 Å². The number of likely N-dealkylation sites (tertiary alicyclic amines) is 1. The molecule has 1 unspecified atom stereocenters. The monoisotopic (exact) mass is 342 g/mol. The summed E-state index contributed by atoms with van der Waals surface area (Å²) in [6.07, 6.45) is 6.58. The fraction of sp³-hybridized carbons (Fsp3) is 0.571. The molecule has 0 radical (unpaired) electrons. The van der Waals surface area contributed by atoms with Crippen LogP contribution in [0.5, 0.6) is 0 Å². The summed E-state index contributed by atoms with van der Waals surface area (Å²) in [6, 6.07) is 10.8. The third-order valence-corrected chi connectivity index (χ3v) is 4.95. The van der Waals surface area contributed by atoms with Crippen LogP contribution in [-0.4, -0.2) is 62.6 Å². The quantitative estimate of drug-likeness (QED) is 0.324. The Hall–Kier alpha value is -1.81. The van der Waals surface area contributed by atoms with Crippen molar-refractivity contribution >= 4 is 5.96 Å². The Balaban J connectivity index is 1.66. The van der Waals surface area contributed by atoms with Crippen molar-refractivity contribution in [3.8, 4) is 0 Å². The lowest BCUT2D eigenvalue weighted by Gasteiger charge is -2.23. The lowest BCUT2D eigenvalue weighted by atomic mass is 10.1. The highest BCUT2D eigenvalue weighted by Crippen LogP contribution is 2.16. The van der Waals surface area contributed by atoms with Gasteiger partial charge in [-0.1, -0.05) is 36.4 Å². The van der Waals surface area contributed by atoms with Gasteiger partial charge in [0.05, 0.1) is 0 Å². The lowest BCUT2D eigenvalue weighted by Crippen LogP contribution is -2.41. The number of hydrogen-bond donors (Lipinski definition) is 1. The summed E-state index contributed by atoms with van der Waals surface area (Å²) in [7, 11) is 3.98. The lowest BCUT2D eigenvalue weighted by molar-refractivity contribution is 0.327. The molecule has 138 valence electrons. The number of allylic oxidation sites excluding steroid dienone is 1. The highest BCUT2D eigenvalue weighted by Gasteiger charge is 2.22. The van der Waals surface area contributed by atoms with E-state index in [0.29, 0.717) is 5.92 Å². The molecule has 0 aliphatic carbocycles. The maximum Gasteiger partial charge on any atom is 0.193 e. The number of unbranched alkanes of at least 4 members (excludes halogenated alkanes) is 1. The fourth-order valence-electron chi connectivity index (χ4n) is 3.41. The molecule has 0 amide bonds. The van der Waals surface area contributed by atoms with Crippen molar-refractivity contribution < 1.29 is 0 Å². The molecule has 0 saturated carbocycles. The number of hydrogen-bond acceptors (Lipinski definition) is 2. The molecule has 0 aromatic heterocycles. The van der Waals surface area contributed by atoms with E-state index in [4.69, 9.17) is 0 Å². The summed E-state index contributed by atoms with van der Waals surface area (Å²) in [5.41, 5.74) is 1.44. The van der Waals surface area contributed by atoms with E-state index in [9.17, 15) is 0 Å². The predicted octanol–water partition coefficient (Wildman–Crippen LogP) is 3.02. The summed E-state index contributed by atoms with van der Waals surface area (Å²) in [5.74, 6) is 1.72. The summed E-state index contributed by atoms with van der Waals surface area (Å²) in [6.45, 7) is 9.38. The van der Waals surface area contributed by atoms with Crippen molar-refractivity contribution in [2.75, 3.05) is 46.8 Å². The maximum absolute atomic E-state index is 4.41. The second kappa shape index (κ2) is 10.9. The molecular formula is C21H34N4. The van der Waals surface area contributed by atoms with Crippen molar-refractivity contribution in [1.82, 2.24) is 15.1 Å². The Morgan fingerprint density at radius 1 is 1.40 bits per heavy atom. The van der Waals surface area contributed by atoms with Crippen molar-refractivity contribution in [2.45, 2.75) is 25.7 Å². The van der Waals surface area contributed by atoms with E-state index in [0.717, 1.165) is 44.9 Å². The number of aliphatic imine (C=N–C) groups is 1. The summed E-state index contributed by atoms with van der Waals surface area (Å²) >= 11 is 0. The molecule has 0 bridgehead atoms. The molecule has 1 N–H and O–H groups in total. The number of nitrogens with one attached hydrogen (secondary N) is 1. The van der Waals surface area contributed by atoms with Crippen LogP contribution in [0.2, 0.25) is 0 Å². The zero-order valence-corrected chi connectivity index (χ0v) is 16.0. The number of benzene rings is 1. The van der Waals surface area contributed by atoms with Gasteiger partial charge < -0.3 is 15.1 Å². The van der Waals surface area contributed by atoms with Crippen LogP contribution in [0, 0.1) is 5.92 Å². The molecule has 4 heteroatoms. The molecule has 1 aromatic rings. The molecule has 1 saturated heterocycles. The second-order valence-electron chi connectivity index (χ2n) is 6.97. The molecule has 4 nitrogen and oxygen atoms in total. The van der Waals surface area contributed by atoms with Gasteiger partial charge in [-0.05, 0) is 43.7 Å². The van der Waals surface area contributed by atoms with Gasteiger partial charge in [-0.15, -0.1) is 6.58 Å². The fourth-order valence-corrected chi connectivity index (χ4v) is 3.41. The predicted molar refractivity (Wildman–Crippen MR) is 108 cm³/mol. The van der Waals surface area contributed by atoms with Crippen LogP contribution in [-0.2, 0) is 6.42 Å². The Bertz CT molecular complexity index is 526. The average molecular weight is 343 g/mol.